The Labute approximate surface area is 232 Å². The maximum Gasteiger partial charge on any atom is 0.343 e. The molecule has 0 heterocycles. The smallest absolute Gasteiger partial charge is 0.343 e. The summed E-state index contributed by atoms with van der Waals surface area (Å²) in [7, 11) is 0. The molecule has 2 aromatic rings. The van der Waals surface area contributed by atoms with Crippen molar-refractivity contribution in [2.24, 2.45) is 11.8 Å². The van der Waals surface area contributed by atoms with E-state index in [2.05, 4.69) is 26.0 Å². The van der Waals surface area contributed by atoms with Crippen LogP contribution >= 0.6 is 0 Å². The molecule has 1 aliphatic rings. The predicted molar refractivity (Wildman–Crippen MR) is 159 cm³/mol. The minimum atomic E-state index is -0.328. The summed E-state index contributed by atoms with van der Waals surface area (Å²) in [4.78, 5) is 12.6. The van der Waals surface area contributed by atoms with Gasteiger partial charge in [0.2, 0.25) is 0 Å². The van der Waals surface area contributed by atoms with E-state index in [1.165, 1.54) is 102 Å². The molecule has 1 aliphatic carbocycles. The molecule has 0 saturated heterocycles. The van der Waals surface area contributed by atoms with Crippen molar-refractivity contribution in [2.45, 2.75) is 123 Å². The fourth-order valence-corrected chi connectivity index (χ4v) is 5.74. The van der Waals surface area contributed by atoms with Gasteiger partial charge in [0.15, 0.2) is 0 Å². The maximum absolute atomic E-state index is 12.6. The molecule has 0 atom stereocenters. The molecule has 0 N–H and O–H groups in total. The molecular formula is C35H52O3. The quantitative estimate of drug-likeness (QED) is 0.111. The van der Waals surface area contributed by atoms with Crippen LogP contribution in [0.5, 0.6) is 11.5 Å². The zero-order valence-electron chi connectivity index (χ0n) is 24.2. The van der Waals surface area contributed by atoms with Crippen molar-refractivity contribution in [2.75, 3.05) is 6.61 Å². The van der Waals surface area contributed by atoms with Gasteiger partial charge in [-0.2, -0.15) is 0 Å². The van der Waals surface area contributed by atoms with Gasteiger partial charge in [0.1, 0.15) is 11.5 Å². The molecule has 38 heavy (non-hydrogen) atoms. The van der Waals surface area contributed by atoms with Crippen LogP contribution in [0.1, 0.15) is 133 Å². The van der Waals surface area contributed by atoms with Gasteiger partial charge in [-0.1, -0.05) is 109 Å². The maximum atomic E-state index is 12.6. The molecule has 1 fully saturated rings. The van der Waals surface area contributed by atoms with Crippen molar-refractivity contribution in [3.63, 3.8) is 0 Å². The number of rotatable bonds is 18. The molecule has 0 bridgehead atoms. The largest absolute Gasteiger partial charge is 0.494 e. The van der Waals surface area contributed by atoms with Gasteiger partial charge in [-0.05, 0) is 79.5 Å². The SMILES string of the molecule is CCCCCCCCc1ccc(OC(=O)c2ccc(OCCC[C@H]3CC[C@H](CCCCC)CC3)cc2)cc1. The van der Waals surface area contributed by atoms with Crippen LogP contribution in [0.3, 0.4) is 0 Å². The van der Waals surface area contributed by atoms with E-state index in [0.29, 0.717) is 11.3 Å². The van der Waals surface area contributed by atoms with Gasteiger partial charge in [-0.15, -0.1) is 0 Å². The Morgan fingerprint density at radius 1 is 0.658 bits per heavy atom. The second-order valence-electron chi connectivity index (χ2n) is 11.4. The van der Waals surface area contributed by atoms with Crippen LogP contribution in [0.4, 0.5) is 0 Å². The van der Waals surface area contributed by atoms with E-state index >= 15 is 0 Å². The first kappa shape index (κ1) is 30.3. The third-order valence-corrected chi connectivity index (χ3v) is 8.25. The molecule has 0 amide bonds. The van der Waals surface area contributed by atoms with Crippen LogP contribution in [0.2, 0.25) is 0 Å². The summed E-state index contributed by atoms with van der Waals surface area (Å²) in [5.74, 6) is 2.94. The second-order valence-corrected chi connectivity index (χ2v) is 11.4. The lowest BCUT2D eigenvalue weighted by atomic mass is 9.78. The Bertz CT molecular complexity index is 878. The molecule has 0 radical (unpaired) electrons. The van der Waals surface area contributed by atoms with E-state index in [1.807, 2.05) is 24.3 Å². The molecule has 3 rings (SSSR count). The summed E-state index contributed by atoms with van der Waals surface area (Å²) < 4.78 is 11.5. The fraction of sp³-hybridized carbons (Fsp3) is 0.629. The molecule has 3 heteroatoms. The first-order valence-corrected chi connectivity index (χ1v) is 15.7. The standard InChI is InChI=1S/C35H52O3/c1-3-5-7-8-9-11-14-30-20-24-34(25-21-30)38-35(36)32-22-26-33(27-23-32)37-28-12-15-31-18-16-29(17-19-31)13-10-6-4-2/h20-27,29,31H,3-19,28H2,1-2H3/t29-,31-. The van der Waals surface area contributed by atoms with Crippen molar-refractivity contribution in [1.29, 1.82) is 0 Å². The number of unbranched alkanes of at least 4 members (excludes halogenated alkanes) is 7. The number of aryl methyl sites for hydroxylation is 1. The second kappa shape index (κ2) is 18.1. The fourth-order valence-electron chi connectivity index (χ4n) is 5.74. The zero-order chi connectivity index (χ0) is 26.8. The molecule has 0 aromatic heterocycles. The van der Waals surface area contributed by atoms with Crippen LogP contribution < -0.4 is 9.47 Å². The topological polar surface area (TPSA) is 35.5 Å². The Morgan fingerprint density at radius 2 is 1.21 bits per heavy atom. The van der Waals surface area contributed by atoms with Crippen LogP contribution in [-0.4, -0.2) is 12.6 Å². The molecule has 210 valence electrons. The highest BCUT2D eigenvalue weighted by atomic mass is 16.5. The van der Waals surface area contributed by atoms with Gasteiger partial charge in [-0.3, -0.25) is 0 Å². The predicted octanol–water partition coefficient (Wildman–Crippen LogP) is 10.4. The van der Waals surface area contributed by atoms with E-state index < -0.39 is 0 Å². The van der Waals surface area contributed by atoms with Gasteiger partial charge in [0.25, 0.3) is 0 Å². The van der Waals surface area contributed by atoms with Gasteiger partial charge in [-0.25, -0.2) is 4.79 Å². The van der Waals surface area contributed by atoms with Gasteiger partial charge in [0.05, 0.1) is 12.2 Å². The average Bonchev–Trinajstić information content (AvgIpc) is 2.95. The average molecular weight is 521 g/mol. The van der Waals surface area contributed by atoms with Crippen LogP contribution in [0, 0.1) is 11.8 Å². The Hall–Kier alpha value is -2.29. The normalized spacial score (nSPS) is 17.3. The van der Waals surface area contributed by atoms with E-state index in [-0.39, 0.29) is 5.97 Å². The summed E-state index contributed by atoms with van der Waals surface area (Å²) in [6.45, 7) is 5.28. The lowest BCUT2D eigenvalue weighted by Crippen LogP contribution is -2.15. The summed E-state index contributed by atoms with van der Waals surface area (Å²) in [6, 6.07) is 15.3. The molecule has 1 saturated carbocycles. The molecule has 0 aliphatic heterocycles. The highest BCUT2D eigenvalue weighted by Crippen LogP contribution is 2.34. The Kier molecular flexibility index (Phi) is 14.4. The molecule has 3 nitrogen and oxygen atoms in total. The monoisotopic (exact) mass is 520 g/mol. The van der Waals surface area contributed by atoms with Crippen molar-refractivity contribution < 1.29 is 14.3 Å². The number of hydrogen-bond donors (Lipinski definition) is 0. The number of carbonyl (C=O) groups is 1. The summed E-state index contributed by atoms with van der Waals surface area (Å²) >= 11 is 0. The lowest BCUT2D eigenvalue weighted by molar-refractivity contribution is 0.0734. The molecule has 0 spiro atoms. The van der Waals surface area contributed by atoms with Crippen molar-refractivity contribution in [3.05, 3.63) is 59.7 Å². The zero-order valence-corrected chi connectivity index (χ0v) is 24.2. The molecule has 2 aromatic carbocycles. The minimum Gasteiger partial charge on any atom is -0.494 e. The summed E-state index contributed by atoms with van der Waals surface area (Å²) in [6.07, 6.45) is 22.5. The van der Waals surface area contributed by atoms with Crippen molar-refractivity contribution in [1.82, 2.24) is 0 Å². The molecule has 0 unspecified atom stereocenters. The number of ether oxygens (including phenoxy) is 2. The number of hydrogen-bond acceptors (Lipinski definition) is 3. The van der Waals surface area contributed by atoms with E-state index in [9.17, 15) is 4.79 Å². The lowest BCUT2D eigenvalue weighted by Gasteiger charge is -2.28. The van der Waals surface area contributed by atoms with Gasteiger partial charge in [0, 0.05) is 0 Å². The number of esters is 1. The first-order chi connectivity index (χ1) is 18.7. The van der Waals surface area contributed by atoms with Crippen LogP contribution in [-0.2, 0) is 6.42 Å². The Morgan fingerprint density at radius 3 is 1.87 bits per heavy atom. The van der Waals surface area contributed by atoms with E-state index in [4.69, 9.17) is 9.47 Å². The summed E-state index contributed by atoms with van der Waals surface area (Å²) in [5, 5.41) is 0. The van der Waals surface area contributed by atoms with Crippen molar-refractivity contribution in [3.8, 4) is 11.5 Å². The van der Waals surface area contributed by atoms with E-state index in [1.54, 1.807) is 12.1 Å². The highest BCUT2D eigenvalue weighted by Gasteiger charge is 2.20. The summed E-state index contributed by atoms with van der Waals surface area (Å²) in [5.41, 5.74) is 1.85. The number of carbonyl (C=O) groups excluding carboxylic acids is 1. The van der Waals surface area contributed by atoms with Gasteiger partial charge >= 0.3 is 5.97 Å². The third kappa shape index (κ3) is 11.6. The first-order valence-electron chi connectivity index (χ1n) is 15.7. The van der Waals surface area contributed by atoms with Crippen LogP contribution in [0.25, 0.3) is 0 Å². The van der Waals surface area contributed by atoms with Crippen molar-refractivity contribution >= 4 is 5.97 Å². The van der Waals surface area contributed by atoms with Gasteiger partial charge < -0.3 is 9.47 Å². The highest BCUT2D eigenvalue weighted by molar-refractivity contribution is 5.91. The van der Waals surface area contributed by atoms with Crippen LogP contribution in [0.15, 0.2) is 48.5 Å². The minimum absolute atomic E-state index is 0.328. The van der Waals surface area contributed by atoms with E-state index in [0.717, 1.165) is 37.0 Å². The third-order valence-electron chi connectivity index (χ3n) is 8.25. The Balaban J connectivity index is 1.29. The number of benzene rings is 2. The molecular weight excluding hydrogens is 468 g/mol.